The largest absolute Gasteiger partial charge is 0.118 e. The maximum atomic E-state index is 6.01. The number of hydrogen-bond acceptors (Lipinski definition) is 0. The Morgan fingerprint density at radius 3 is 2.70 bits per heavy atom. The SMILES string of the molecule is ClC1C=C(C2CC2)CCC1. The molecule has 2 aliphatic rings. The fraction of sp³-hybridized carbons (Fsp3) is 0.778. The molecule has 0 spiro atoms. The quantitative estimate of drug-likeness (QED) is 0.404. The third kappa shape index (κ3) is 1.37. The van der Waals surface area contributed by atoms with E-state index in [0.717, 1.165) is 5.92 Å². The molecule has 0 nitrogen and oxygen atoms in total. The van der Waals surface area contributed by atoms with Gasteiger partial charge in [-0.2, -0.15) is 0 Å². The van der Waals surface area contributed by atoms with Gasteiger partial charge in [-0.15, -0.1) is 11.6 Å². The Balaban J connectivity index is 2.03. The van der Waals surface area contributed by atoms with Gasteiger partial charge in [0.05, 0.1) is 5.38 Å². The zero-order valence-corrected chi connectivity index (χ0v) is 6.90. The standard InChI is InChI=1S/C9H13Cl/c10-9-3-1-2-8(6-9)7-4-5-7/h6-7,9H,1-5H2. The van der Waals surface area contributed by atoms with E-state index in [-0.39, 0.29) is 0 Å². The summed E-state index contributed by atoms with van der Waals surface area (Å²) in [6.07, 6.45) is 8.98. The zero-order valence-electron chi connectivity index (χ0n) is 6.15. The molecular weight excluding hydrogens is 144 g/mol. The van der Waals surface area contributed by atoms with Crippen molar-refractivity contribution in [1.29, 1.82) is 0 Å². The van der Waals surface area contributed by atoms with Crippen LogP contribution in [0.1, 0.15) is 32.1 Å². The van der Waals surface area contributed by atoms with Gasteiger partial charge in [0.2, 0.25) is 0 Å². The molecular formula is C9H13Cl. The Hall–Kier alpha value is 0.0300. The van der Waals surface area contributed by atoms with Crippen LogP contribution in [0.2, 0.25) is 0 Å². The molecule has 0 aromatic heterocycles. The first-order valence-corrected chi connectivity index (χ1v) is 4.64. The highest BCUT2D eigenvalue weighted by Crippen LogP contribution is 2.41. The van der Waals surface area contributed by atoms with Gasteiger partial charge in [0.25, 0.3) is 0 Å². The van der Waals surface area contributed by atoms with Crippen LogP contribution in [0, 0.1) is 5.92 Å². The molecule has 1 heteroatoms. The van der Waals surface area contributed by atoms with Crippen molar-refractivity contribution in [3.63, 3.8) is 0 Å². The number of halogens is 1. The molecule has 2 aliphatic carbocycles. The topological polar surface area (TPSA) is 0 Å². The van der Waals surface area contributed by atoms with Crippen LogP contribution >= 0.6 is 11.6 Å². The zero-order chi connectivity index (χ0) is 6.97. The second kappa shape index (κ2) is 2.58. The van der Waals surface area contributed by atoms with E-state index < -0.39 is 0 Å². The molecule has 2 rings (SSSR count). The average molecular weight is 157 g/mol. The summed E-state index contributed by atoms with van der Waals surface area (Å²) in [6, 6.07) is 0. The Morgan fingerprint density at radius 2 is 2.10 bits per heavy atom. The Morgan fingerprint density at radius 1 is 1.30 bits per heavy atom. The van der Waals surface area contributed by atoms with E-state index in [9.17, 15) is 0 Å². The van der Waals surface area contributed by atoms with Crippen molar-refractivity contribution >= 4 is 11.6 Å². The van der Waals surface area contributed by atoms with Crippen LogP contribution in [0.5, 0.6) is 0 Å². The first-order valence-electron chi connectivity index (χ1n) is 4.21. The minimum atomic E-state index is 0.351. The van der Waals surface area contributed by atoms with Crippen molar-refractivity contribution in [3.8, 4) is 0 Å². The minimum Gasteiger partial charge on any atom is -0.118 e. The molecule has 1 saturated carbocycles. The molecule has 0 radical (unpaired) electrons. The van der Waals surface area contributed by atoms with Gasteiger partial charge in [0, 0.05) is 0 Å². The molecule has 0 N–H and O–H groups in total. The van der Waals surface area contributed by atoms with Crippen molar-refractivity contribution in [1.82, 2.24) is 0 Å². The Bertz CT molecular complexity index is 156. The molecule has 0 heterocycles. The predicted molar refractivity (Wildman–Crippen MR) is 44.3 cm³/mol. The predicted octanol–water partition coefficient (Wildman–Crippen LogP) is 3.11. The summed E-state index contributed by atoms with van der Waals surface area (Å²) < 4.78 is 0. The van der Waals surface area contributed by atoms with Gasteiger partial charge in [-0.3, -0.25) is 0 Å². The van der Waals surface area contributed by atoms with E-state index in [1.807, 2.05) is 0 Å². The van der Waals surface area contributed by atoms with E-state index in [1.54, 1.807) is 5.57 Å². The lowest BCUT2D eigenvalue weighted by atomic mass is 9.96. The summed E-state index contributed by atoms with van der Waals surface area (Å²) in [4.78, 5) is 0. The van der Waals surface area contributed by atoms with Crippen molar-refractivity contribution in [2.75, 3.05) is 0 Å². The van der Waals surface area contributed by atoms with Crippen molar-refractivity contribution in [3.05, 3.63) is 11.6 Å². The Labute approximate surface area is 67.3 Å². The van der Waals surface area contributed by atoms with Crippen LogP contribution in [0.4, 0.5) is 0 Å². The molecule has 0 saturated heterocycles. The lowest BCUT2D eigenvalue weighted by Crippen LogP contribution is -2.03. The van der Waals surface area contributed by atoms with E-state index in [2.05, 4.69) is 6.08 Å². The van der Waals surface area contributed by atoms with Crippen LogP contribution in [0.15, 0.2) is 11.6 Å². The van der Waals surface area contributed by atoms with E-state index in [0.29, 0.717) is 5.38 Å². The molecule has 1 unspecified atom stereocenters. The molecule has 56 valence electrons. The van der Waals surface area contributed by atoms with Gasteiger partial charge in [0.15, 0.2) is 0 Å². The van der Waals surface area contributed by atoms with Crippen molar-refractivity contribution in [2.24, 2.45) is 5.92 Å². The maximum Gasteiger partial charge on any atom is 0.0518 e. The third-order valence-corrected chi connectivity index (χ3v) is 2.79. The summed E-state index contributed by atoms with van der Waals surface area (Å²) in [5.74, 6) is 0.946. The normalized spacial score (nSPS) is 33.7. The summed E-state index contributed by atoms with van der Waals surface area (Å²) in [7, 11) is 0. The highest BCUT2D eigenvalue weighted by Gasteiger charge is 2.27. The van der Waals surface area contributed by atoms with Crippen LogP contribution < -0.4 is 0 Å². The summed E-state index contributed by atoms with van der Waals surface area (Å²) in [5.41, 5.74) is 1.66. The first kappa shape index (κ1) is 6.72. The van der Waals surface area contributed by atoms with Gasteiger partial charge >= 0.3 is 0 Å². The molecule has 0 aromatic rings. The molecule has 0 aromatic carbocycles. The van der Waals surface area contributed by atoms with Crippen LogP contribution in [0.3, 0.4) is 0 Å². The lowest BCUT2D eigenvalue weighted by Gasteiger charge is -2.15. The fourth-order valence-electron chi connectivity index (χ4n) is 1.69. The highest BCUT2D eigenvalue weighted by molar-refractivity contribution is 6.21. The highest BCUT2D eigenvalue weighted by atomic mass is 35.5. The van der Waals surface area contributed by atoms with E-state index in [4.69, 9.17) is 11.6 Å². The van der Waals surface area contributed by atoms with Crippen LogP contribution in [0.25, 0.3) is 0 Å². The number of hydrogen-bond donors (Lipinski definition) is 0. The molecule has 0 aliphatic heterocycles. The van der Waals surface area contributed by atoms with Crippen molar-refractivity contribution < 1.29 is 0 Å². The maximum absolute atomic E-state index is 6.01. The number of alkyl halides is 1. The third-order valence-electron chi connectivity index (χ3n) is 2.44. The molecule has 0 amide bonds. The first-order chi connectivity index (χ1) is 4.86. The monoisotopic (exact) mass is 156 g/mol. The fourth-order valence-corrected chi connectivity index (χ4v) is 2.01. The van der Waals surface area contributed by atoms with Gasteiger partial charge < -0.3 is 0 Å². The summed E-state index contributed by atoms with van der Waals surface area (Å²) in [6.45, 7) is 0. The van der Waals surface area contributed by atoms with Crippen LogP contribution in [-0.4, -0.2) is 5.38 Å². The Kier molecular flexibility index (Phi) is 1.73. The van der Waals surface area contributed by atoms with Gasteiger partial charge in [-0.1, -0.05) is 11.6 Å². The smallest absolute Gasteiger partial charge is 0.0518 e. The van der Waals surface area contributed by atoms with Gasteiger partial charge in [0.1, 0.15) is 0 Å². The van der Waals surface area contributed by atoms with Gasteiger partial charge in [-0.25, -0.2) is 0 Å². The van der Waals surface area contributed by atoms with E-state index >= 15 is 0 Å². The molecule has 0 bridgehead atoms. The molecule has 1 fully saturated rings. The summed E-state index contributed by atoms with van der Waals surface area (Å²) >= 11 is 6.01. The number of allylic oxidation sites excluding steroid dienone is 2. The molecule has 1 atom stereocenters. The molecule has 10 heavy (non-hydrogen) atoms. The summed E-state index contributed by atoms with van der Waals surface area (Å²) in [5, 5.41) is 0.351. The van der Waals surface area contributed by atoms with Gasteiger partial charge in [-0.05, 0) is 38.0 Å². The lowest BCUT2D eigenvalue weighted by molar-refractivity contribution is 0.674. The minimum absolute atomic E-state index is 0.351. The van der Waals surface area contributed by atoms with E-state index in [1.165, 1.54) is 32.1 Å². The number of rotatable bonds is 1. The second-order valence-electron chi connectivity index (χ2n) is 3.42. The average Bonchev–Trinajstić information content (AvgIpc) is 2.68. The van der Waals surface area contributed by atoms with Crippen LogP contribution in [-0.2, 0) is 0 Å². The second-order valence-corrected chi connectivity index (χ2v) is 3.98. The van der Waals surface area contributed by atoms with Crippen molar-refractivity contribution in [2.45, 2.75) is 37.5 Å².